The van der Waals surface area contributed by atoms with Crippen molar-refractivity contribution in [3.8, 4) is 0 Å². The zero-order valence-corrected chi connectivity index (χ0v) is 13.6. The van der Waals surface area contributed by atoms with Crippen molar-refractivity contribution in [3.63, 3.8) is 0 Å². The molecule has 2 atom stereocenters. The number of nitrogens with zero attached hydrogens (tertiary/aromatic N) is 3. The first kappa shape index (κ1) is 16.8. The molecular formula is C12H28N4O2S. The molecule has 0 bridgehead atoms. The van der Waals surface area contributed by atoms with E-state index < -0.39 is 10.2 Å². The summed E-state index contributed by atoms with van der Waals surface area (Å²) in [4.78, 5) is 4.54. The summed E-state index contributed by atoms with van der Waals surface area (Å²) < 4.78 is 28.2. The van der Waals surface area contributed by atoms with Gasteiger partial charge in [-0.1, -0.05) is 6.92 Å². The largest absolute Gasteiger partial charge is 0.308 e. The first-order chi connectivity index (χ1) is 8.77. The molecule has 2 unspecified atom stereocenters. The molecule has 0 aromatic rings. The Hall–Kier alpha value is -0.210. The molecule has 1 aliphatic rings. The highest BCUT2D eigenvalue weighted by Gasteiger charge is 2.34. The molecule has 0 aromatic heterocycles. The zero-order valence-electron chi connectivity index (χ0n) is 12.8. The lowest BCUT2D eigenvalue weighted by atomic mass is 10.1. The van der Waals surface area contributed by atoms with Crippen molar-refractivity contribution in [1.29, 1.82) is 0 Å². The van der Waals surface area contributed by atoms with Crippen LogP contribution in [0.2, 0.25) is 0 Å². The summed E-state index contributed by atoms with van der Waals surface area (Å²) in [5, 5.41) is 0. The van der Waals surface area contributed by atoms with E-state index in [4.69, 9.17) is 0 Å². The minimum absolute atomic E-state index is 0.247. The smallest absolute Gasteiger partial charge is 0.279 e. The third-order valence-corrected chi connectivity index (χ3v) is 5.17. The second-order valence-electron chi connectivity index (χ2n) is 5.56. The van der Waals surface area contributed by atoms with E-state index in [0.29, 0.717) is 19.6 Å². The predicted octanol–water partition coefficient (Wildman–Crippen LogP) is -0.203. The van der Waals surface area contributed by atoms with Crippen LogP contribution in [0.1, 0.15) is 20.8 Å². The Morgan fingerprint density at radius 2 is 1.74 bits per heavy atom. The molecular weight excluding hydrogens is 264 g/mol. The van der Waals surface area contributed by atoms with Gasteiger partial charge in [0, 0.05) is 44.8 Å². The van der Waals surface area contributed by atoms with Crippen molar-refractivity contribution in [2.24, 2.45) is 0 Å². The van der Waals surface area contributed by atoms with Crippen LogP contribution < -0.4 is 4.72 Å². The van der Waals surface area contributed by atoms with Crippen LogP contribution in [0.15, 0.2) is 0 Å². The SMILES string of the molecule is CCNS(=O)(=O)N1CC(C)N(CCN(C)C)C(C)C1. The van der Waals surface area contributed by atoms with Gasteiger partial charge >= 0.3 is 0 Å². The van der Waals surface area contributed by atoms with Gasteiger partial charge in [0.05, 0.1) is 0 Å². The van der Waals surface area contributed by atoms with Crippen LogP contribution in [0.3, 0.4) is 0 Å². The maximum atomic E-state index is 12.0. The maximum absolute atomic E-state index is 12.0. The quantitative estimate of drug-likeness (QED) is 0.736. The van der Waals surface area contributed by atoms with Gasteiger partial charge in [-0.3, -0.25) is 4.90 Å². The molecule has 6 nitrogen and oxygen atoms in total. The Morgan fingerprint density at radius 1 is 1.21 bits per heavy atom. The Bertz CT molecular complexity index is 360. The second-order valence-corrected chi connectivity index (χ2v) is 7.31. The fraction of sp³-hybridized carbons (Fsp3) is 1.00. The van der Waals surface area contributed by atoms with E-state index >= 15 is 0 Å². The van der Waals surface area contributed by atoms with Gasteiger partial charge in [-0.2, -0.15) is 12.7 Å². The first-order valence-electron chi connectivity index (χ1n) is 6.93. The monoisotopic (exact) mass is 292 g/mol. The first-order valence-corrected chi connectivity index (χ1v) is 8.37. The number of nitrogens with one attached hydrogen (secondary N) is 1. The van der Waals surface area contributed by atoms with Gasteiger partial charge in [0.15, 0.2) is 0 Å². The van der Waals surface area contributed by atoms with Gasteiger partial charge in [0.2, 0.25) is 0 Å². The predicted molar refractivity (Wildman–Crippen MR) is 78.4 cm³/mol. The van der Waals surface area contributed by atoms with E-state index in [-0.39, 0.29) is 12.1 Å². The van der Waals surface area contributed by atoms with Gasteiger partial charge in [0.25, 0.3) is 10.2 Å². The fourth-order valence-corrected chi connectivity index (χ4v) is 3.91. The molecule has 0 aliphatic carbocycles. The highest BCUT2D eigenvalue weighted by molar-refractivity contribution is 7.87. The average Bonchev–Trinajstić information content (AvgIpc) is 2.27. The van der Waals surface area contributed by atoms with Crippen molar-refractivity contribution < 1.29 is 8.42 Å². The Labute approximate surface area is 117 Å². The lowest BCUT2D eigenvalue weighted by Gasteiger charge is -2.44. The van der Waals surface area contributed by atoms with Gasteiger partial charge < -0.3 is 4.90 Å². The summed E-state index contributed by atoms with van der Waals surface area (Å²) in [6, 6.07) is 0.495. The Morgan fingerprint density at radius 3 is 2.16 bits per heavy atom. The van der Waals surface area contributed by atoms with Gasteiger partial charge in [-0.25, -0.2) is 4.72 Å². The van der Waals surface area contributed by atoms with Crippen molar-refractivity contribution in [3.05, 3.63) is 0 Å². The fourth-order valence-electron chi connectivity index (χ4n) is 2.53. The summed E-state index contributed by atoms with van der Waals surface area (Å²) in [7, 11) is 0.806. The number of rotatable bonds is 6. The molecule has 0 radical (unpaired) electrons. The summed E-state index contributed by atoms with van der Waals surface area (Å²) in [6.45, 7) is 9.53. The third kappa shape index (κ3) is 4.68. The standard InChI is InChI=1S/C12H28N4O2S/c1-6-13-19(17,18)15-9-11(2)16(12(3)10-15)8-7-14(4)5/h11-13H,6-10H2,1-5H3. The minimum atomic E-state index is -3.31. The van der Waals surface area contributed by atoms with Gasteiger partial charge in [-0.15, -0.1) is 0 Å². The molecule has 1 aliphatic heterocycles. The molecule has 1 saturated heterocycles. The van der Waals surface area contributed by atoms with Crippen LogP contribution in [0, 0.1) is 0 Å². The molecule has 1 fully saturated rings. The van der Waals surface area contributed by atoms with Crippen LogP contribution in [0.4, 0.5) is 0 Å². The number of hydrogen-bond acceptors (Lipinski definition) is 4. The minimum Gasteiger partial charge on any atom is -0.308 e. The van der Waals surface area contributed by atoms with Gasteiger partial charge in [-0.05, 0) is 27.9 Å². The summed E-state index contributed by atoms with van der Waals surface area (Å²) >= 11 is 0. The summed E-state index contributed by atoms with van der Waals surface area (Å²) in [5.74, 6) is 0. The molecule has 114 valence electrons. The second kappa shape index (κ2) is 6.99. The van der Waals surface area contributed by atoms with Crippen LogP contribution in [0.25, 0.3) is 0 Å². The Kier molecular flexibility index (Phi) is 6.19. The normalized spacial score (nSPS) is 27.1. The molecule has 0 amide bonds. The van der Waals surface area contributed by atoms with E-state index in [1.54, 1.807) is 11.2 Å². The summed E-state index contributed by atoms with van der Waals surface area (Å²) in [5.41, 5.74) is 0. The van der Waals surface area contributed by atoms with Crippen molar-refractivity contribution in [2.45, 2.75) is 32.9 Å². The average molecular weight is 292 g/mol. The topological polar surface area (TPSA) is 55.9 Å². The highest BCUT2D eigenvalue weighted by Crippen LogP contribution is 2.17. The zero-order chi connectivity index (χ0) is 14.6. The highest BCUT2D eigenvalue weighted by atomic mass is 32.2. The number of piperazine rings is 1. The van der Waals surface area contributed by atoms with E-state index in [1.807, 2.05) is 0 Å². The molecule has 19 heavy (non-hydrogen) atoms. The lowest BCUT2D eigenvalue weighted by Crippen LogP contribution is -2.60. The van der Waals surface area contributed by atoms with E-state index in [1.165, 1.54) is 0 Å². The molecule has 0 aromatic carbocycles. The molecule has 1 heterocycles. The molecule has 0 saturated carbocycles. The molecule has 1 N–H and O–H groups in total. The maximum Gasteiger partial charge on any atom is 0.279 e. The van der Waals surface area contributed by atoms with Crippen molar-refractivity contribution in [1.82, 2.24) is 18.8 Å². The molecule has 1 rings (SSSR count). The Balaban J connectivity index is 2.65. The van der Waals surface area contributed by atoms with Crippen molar-refractivity contribution in [2.75, 3.05) is 46.8 Å². The van der Waals surface area contributed by atoms with E-state index in [2.05, 4.69) is 42.5 Å². The number of hydrogen-bond donors (Lipinski definition) is 1. The lowest BCUT2D eigenvalue weighted by molar-refractivity contribution is 0.0703. The van der Waals surface area contributed by atoms with Crippen LogP contribution >= 0.6 is 0 Å². The third-order valence-electron chi connectivity index (χ3n) is 3.54. The van der Waals surface area contributed by atoms with Crippen LogP contribution in [-0.4, -0.2) is 81.4 Å². The van der Waals surface area contributed by atoms with Gasteiger partial charge in [0.1, 0.15) is 0 Å². The van der Waals surface area contributed by atoms with E-state index in [9.17, 15) is 8.42 Å². The summed E-state index contributed by atoms with van der Waals surface area (Å²) in [6.07, 6.45) is 0. The van der Waals surface area contributed by atoms with Crippen molar-refractivity contribution >= 4 is 10.2 Å². The number of likely N-dealkylation sites (N-methyl/N-ethyl adjacent to an activating group) is 1. The molecule has 0 spiro atoms. The van der Waals surface area contributed by atoms with Crippen LogP contribution in [-0.2, 0) is 10.2 Å². The van der Waals surface area contributed by atoms with Crippen LogP contribution in [0.5, 0.6) is 0 Å². The van der Waals surface area contributed by atoms with E-state index in [0.717, 1.165) is 13.1 Å². The molecule has 7 heteroatoms.